The van der Waals surface area contributed by atoms with Crippen molar-refractivity contribution in [2.24, 2.45) is 0 Å². The van der Waals surface area contributed by atoms with E-state index in [-0.39, 0.29) is 29.5 Å². The number of carbonyl (C=O) groups is 4. The second kappa shape index (κ2) is 10.6. The number of anilines is 1. The first-order valence-electron chi connectivity index (χ1n) is 10.7. The van der Waals surface area contributed by atoms with Gasteiger partial charge in [0, 0.05) is 17.1 Å². The average Bonchev–Trinajstić information content (AvgIpc) is 3.15. The minimum Gasteiger partial charge on any atom is -0.454 e. The van der Waals surface area contributed by atoms with E-state index in [4.69, 9.17) is 16.3 Å². The zero-order chi connectivity index (χ0) is 24.9. The smallest absolute Gasteiger partial charge is 0.338 e. The number of hydrogen-bond acceptors (Lipinski definition) is 6. The van der Waals surface area contributed by atoms with Gasteiger partial charge in [-0.25, -0.2) is 14.1 Å². The van der Waals surface area contributed by atoms with Crippen LogP contribution in [-0.4, -0.2) is 36.2 Å². The summed E-state index contributed by atoms with van der Waals surface area (Å²) in [5.74, 6) is -2.24. The molecule has 35 heavy (non-hydrogen) atoms. The van der Waals surface area contributed by atoms with Gasteiger partial charge in [0.05, 0.1) is 23.7 Å². The van der Waals surface area contributed by atoms with Gasteiger partial charge in [0.25, 0.3) is 5.91 Å². The Balaban J connectivity index is 1.34. The molecule has 0 radical (unpaired) electrons. The molecule has 9 heteroatoms. The number of nitrogens with one attached hydrogen (secondary N) is 1. The molecule has 0 aliphatic carbocycles. The van der Waals surface area contributed by atoms with Crippen molar-refractivity contribution < 1.29 is 28.3 Å². The molecule has 0 bridgehead atoms. The molecule has 1 heterocycles. The minimum atomic E-state index is -0.712. The lowest BCUT2D eigenvalue weighted by molar-refractivity contribution is -0.121. The number of ether oxygens (including phenoxy) is 1. The van der Waals surface area contributed by atoms with Crippen molar-refractivity contribution in [1.82, 2.24) is 5.32 Å². The van der Waals surface area contributed by atoms with Gasteiger partial charge in [0.1, 0.15) is 5.82 Å². The summed E-state index contributed by atoms with van der Waals surface area (Å²) in [6.07, 6.45) is -0.0172. The first kappa shape index (κ1) is 24.3. The number of amides is 2. The lowest BCUT2D eigenvalue weighted by Crippen LogP contribution is -2.38. The Kier molecular flexibility index (Phi) is 7.33. The molecule has 7 nitrogen and oxygen atoms in total. The molecule has 1 aliphatic rings. The number of esters is 1. The van der Waals surface area contributed by atoms with Crippen LogP contribution >= 0.6 is 11.6 Å². The topological polar surface area (TPSA) is 92.8 Å². The lowest BCUT2D eigenvalue weighted by atomic mass is 10.1. The van der Waals surface area contributed by atoms with Crippen LogP contribution in [0.15, 0.2) is 72.8 Å². The van der Waals surface area contributed by atoms with Crippen LogP contribution in [0.2, 0.25) is 5.02 Å². The van der Waals surface area contributed by atoms with Gasteiger partial charge in [-0.1, -0.05) is 23.7 Å². The van der Waals surface area contributed by atoms with Gasteiger partial charge in [-0.15, -0.1) is 0 Å². The Bertz CT molecular complexity index is 1260. The van der Waals surface area contributed by atoms with Crippen molar-refractivity contribution in [3.8, 4) is 0 Å². The van der Waals surface area contributed by atoms with Gasteiger partial charge in [0.15, 0.2) is 12.4 Å². The highest BCUT2D eigenvalue weighted by Gasteiger charge is 2.39. The fraction of sp³-hybridized carbons (Fsp3) is 0.154. The quantitative estimate of drug-likeness (QED) is 0.290. The molecule has 3 aromatic carbocycles. The zero-order valence-corrected chi connectivity index (χ0v) is 19.1. The molecule has 0 spiro atoms. The third-order valence-corrected chi connectivity index (χ3v) is 5.73. The number of ketones is 1. The van der Waals surface area contributed by atoms with Gasteiger partial charge in [-0.2, -0.15) is 0 Å². The predicted octanol–water partition coefficient (Wildman–Crippen LogP) is 3.94. The summed E-state index contributed by atoms with van der Waals surface area (Å²) in [5, 5.41) is 3.51. The van der Waals surface area contributed by atoms with Crippen LogP contribution in [0.25, 0.3) is 0 Å². The Morgan fingerprint density at radius 3 is 2.23 bits per heavy atom. The maximum Gasteiger partial charge on any atom is 0.338 e. The summed E-state index contributed by atoms with van der Waals surface area (Å²) in [4.78, 5) is 50.8. The van der Waals surface area contributed by atoms with Crippen LogP contribution in [0, 0.1) is 5.82 Å². The molecule has 1 fully saturated rings. The third-order valence-electron chi connectivity index (χ3n) is 5.47. The molecule has 2 amide bonds. The van der Waals surface area contributed by atoms with E-state index in [9.17, 15) is 23.6 Å². The van der Waals surface area contributed by atoms with Gasteiger partial charge >= 0.3 is 5.97 Å². The molecule has 178 valence electrons. The molecule has 1 saturated heterocycles. The van der Waals surface area contributed by atoms with Crippen LogP contribution in [0.5, 0.6) is 0 Å². The Labute approximate surface area is 205 Å². The Morgan fingerprint density at radius 1 is 0.943 bits per heavy atom. The molecular formula is C26H20ClFN2O5. The second-order valence-corrected chi connectivity index (χ2v) is 8.32. The maximum absolute atomic E-state index is 13.0. The summed E-state index contributed by atoms with van der Waals surface area (Å²) in [7, 11) is 0. The fourth-order valence-electron chi connectivity index (χ4n) is 3.59. The van der Waals surface area contributed by atoms with E-state index in [1.54, 1.807) is 36.4 Å². The van der Waals surface area contributed by atoms with E-state index in [2.05, 4.69) is 5.32 Å². The number of imide groups is 1. The van der Waals surface area contributed by atoms with Gasteiger partial charge in [0.2, 0.25) is 5.91 Å². The van der Waals surface area contributed by atoms with Crippen LogP contribution in [0.1, 0.15) is 32.7 Å². The molecule has 3 aromatic rings. The van der Waals surface area contributed by atoms with Crippen LogP contribution < -0.4 is 10.2 Å². The number of hydrogen-bond donors (Lipinski definition) is 1. The molecule has 1 aliphatic heterocycles. The zero-order valence-electron chi connectivity index (χ0n) is 18.4. The highest BCUT2D eigenvalue weighted by molar-refractivity contribution is 6.30. The number of rotatable bonds is 8. The summed E-state index contributed by atoms with van der Waals surface area (Å²) >= 11 is 5.80. The van der Waals surface area contributed by atoms with Gasteiger partial charge in [-0.3, -0.25) is 14.4 Å². The van der Waals surface area contributed by atoms with E-state index in [0.29, 0.717) is 22.8 Å². The molecular weight excluding hydrogens is 475 g/mol. The first-order chi connectivity index (χ1) is 16.8. The summed E-state index contributed by atoms with van der Waals surface area (Å²) in [6.45, 7) is -0.135. The summed E-state index contributed by atoms with van der Waals surface area (Å²) < 4.78 is 18.1. The summed E-state index contributed by atoms with van der Waals surface area (Å²) in [6, 6.07) is 17.1. The van der Waals surface area contributed by atoms with Crippen LogP contribution in [-0.2, 0) is 20.9 Å². The lowest BCUT2D eigenvalue weighted by Gasteiger charge is -2.16. The Hall–Kier alpha value is -3.88. The van der Waals surface area contributed by atoms with Crippen LogP contribution in [0.3, 0.4) is 0 Å². The largest absolute Gasteiger partial charge is 0.454 e. The van der Waals surface area contributed by atoms with Crippen molar-refractivity contribution in [1.29, 1.82) is 0 Å². The number of carbonyl (C=O) groups excluding carboxylic acids is 4. The molecule has 1 unspecified atom stereocenters. The first-order valence-corrected chi connectivity index (χ1v) is 11.1. The molecule has 4 rings (SSSR count). The van der Waals surface area contributed by atoms with Crippen molar-refractivity contribution in [2.75, 3.05) is 11.5 Å². The number of nitrogens with zero attached hydrogens (tertiary/aromatic N) is 1. The third kappa shape index (κ3) is 5.79. The molecule has 0 saturated carbocycles. The van der Waals surface area contributed by atoms with E-state index in [1.165, 1.54) is 36.4 Å². The highest BCUT2D eigenvalue weighted by Crippen LogP contribution is 2.24. The van der Waals surface area contributed by atoms with E-state index in [1.807, 2.05) is 0 Å². The van der Waals surface area contributed by atoms with Gasteiger partial charge in [-0.05, 0) is 66.2 Å². The van der Waals surface area contributed by atoms with E-state index >= 15 is 0 Å². The Morgan fingerprint density at radius 2 is 1.57 bits per heavy atom. The molecule has 1 N–H and O–H groups in total. The van der Waals surface area contributed by atoms with Crippen molar-refractivity contribution in [3.63, 3.8) is 0 Å². The van der Waals surface area contributed by atoms with Crippen molar-refractivity contribution in [3.05, 3.63) is 100 Å². The average molecular weight is 495 g/mol. The second-order valence-electron chi connectivity index (χ2n) is 7.88. The minimum absolute atomic E-state index is 0.0172. The summed E-state index contributed by atoms with van der Waals surface area (Å²) in [5.41, 5.74) is 1.64. The van der Waals surface area contributed by atoms with Crippen molar-refractivity contribution >= 4 is 40.9 Å². The molecule has 0 aromatic heterocycles. The maximum atomic E-state index is 13.0. The van der Waals surface area contributed by atoms with Gasteiger partial charge < -0.3 is 10.1 Å². The van der Waals surface area contributed by atoms with Crippen molar-refractivity contribution in [2.45, 2.75) is 19.0 Å². The molecule has 1 atom stereocenters. The SMILES string of the molecule is O=C(COC(=O)c1ccc(N2C(=O)CC(NCc3ccc(F)cc3)C2=O)cc1)c1ccc(Cl)cc1. The van der Waals surface area contributed by atoms with E-state index in [0.717, 1.165) is 10.5 Å². The predicted molar refractivity (Wildman–Crippen MR) is 127 cm³/mol. The normalized spacial score (nSPS) is 15.4. The number of halogens is 2. The number of benzene rings is 3. The van der Waals surface area contributed by atoms with E-state index < -0.39 is 24.5 Å². The van der Waals surface area contributed by atoms with Crippen LogP contribution in [0.4, 0.5) is 10.1 Å². The standard InChI is InChI=1S/C26H20ClFN2O5/c27-19-7-3-17(4-8-19)23(31)15-35-26(34)18-5-11-21(12-6-18)30-24(32)13-22(25(30)33)29-14-16-1-9-20(28)10-2-16/h1-12,22,29H,13-15H2. The number of Topliss-reactive ketones (excluding diaryl/α,β-unsaturated/α-hetero) is 1. The fourth-order valence-corrected chi connectivity index (χ4v) is 3.71. The highest BCUT2D eigenvalue weighted by atomic mass is 35.5. The monoisotopic (exact) mass is 494 g/mol.